The summed E-state index contributed by atoms with van der Waals surface area (Å²) >= 11 is 0. The molecule has 4 fully saturated rings. The van der Waals surface area contributed by atoms with Crippen molar-refractivity contribution in [2.75, 3.05) is 0 Å². The van der Waals surface area contributed by atoms with Crippen LogP contribution in [0.3, 0.4) is 0 Å². The van der Waals surface area contributed by atoms with Crippen molar-refractivity contribution in [1.29, 1.82) is 0 Å². The van der Waals surface area contributed by atoms with E-state index in [1.54, 1.807) is 5.57 Å². The fourth-order valence-corrected chi connectivity index (χ4v) is 8.37. The van der Waals surface area contributed by atoms with Crippen LogP contribution in [0.4, 0.5) is 0 Å². The number of carbonyl (C=O) groups excluding carboxylic acids is 2. The predicted octanol–water partition coefficient (Wildman–Crippen LogP) is 6.78. The fraction of sp³-hybridized carbons (Fsp3) is 0.852. The number of hydrogen-bond donors (Lipinski definition) is 0. The molecule has 2 heteroatoms. The van der Waals surface area contributed by atoms with Gasteiger partial charge in [0.25, 0.3) is 0 Å². The van der Waals surface area contributed by atoms with Crippen molar-refractivity contribution < 1.29 is 9.59 Å². The summed E-state index contributed by atoms with van der Waals surface area (Å²) in [6.45, 7) is 11.9. The van der Waals surface area contributed by atoms with E-state index in [2.05, 4.69) is 40.7 Å². The SMILES string of the molecule is C/C(=C\CCC(C)C)[C@H]1CC[C@H]2[C@@H]3CC(=O)C4CC(=O)CC[C@]4(C)[C@H]3CC[C@]12C. The molecule has 1 unspecified atom stereocenters. The number of hydrogen-bond acceptors (Lipinski definition) is 2. The Labute approximate surface area is 178 Å². The van der Waals surface area contributed by atoms with Crippen molar-refractivity contribution in [3.05, 3.63) is 11.6 Å². The Kier molecular flexibility index (Phi) is 5.62. The first-order chi connectivity index (χ1) is 13.7. The molecule has 0 saturated heterocycles. The second-order valence-electron chi connectivity index (χ2n) is 11.9. The molecule has 0 aliphatic heterocycles. The summed E-state index contributed by atoms with van der Waals surface area (Å²) in [5.74, 6) is 4.13. The van der Waals surface area contributed by atoms with Crippen molar-refractivity contribution in [3.8, 4) is 0 Å². The molecule has 0 aromatic carbocycles. The zero-order chi connectivity index (χ0) is 21.0. The largest absolute Gasteiger partial charge is 0.300 e. The molecule has 4 rings (SSSR count). The zero-order valence-corrected chi connectivity index (χ0v) is 19.4. The van der Waals surface area contributed by atoms with E-state index in [0.717, 1.165) is 18.8 Å². The van der Waals surface area contributed by atoms with E-state index < -0.39 is 0 Å². The van der Waals surface area contributed by atoms with Gasteiger partial charge in [0, 0.05) is 25.2 Å². The van der Waals surface area contributed by atoms with Crippen molar-refractivity contribution >= 4 is 11.6 Å². The maximum atomic E-state index is 13.2. The molecule has 0 bridgehead atoms. The van der Waals surface area contributed by atoms with E-state index in [9.17, 15) is 9.59 Å². The van der Waals surface area contributed by atoms with Crippen LogP contribution in [0.25, 0.3) is 0 Å². The van der Waals surface area contributed by atoms with Crippen LogP contribution in [0, 0.1) is 46.3 Å². The van der Waals surface area contributed by atoms with E-state index in [-0.39, 0.29) is 11.3 Å². The van der Waals surface area contributed by atoms with Gasteiger partial charge >= 0.3 is 0 Å². The molecular formula is C27H42O2. The summed E-state index contributed by atoms with van der Waals surface area (Å²) in [5, 5.41) is 0. The monoisotopic (exact) mass is 398 g/mol. The first-order valence-electron chi connectivity index (χ1n) is 12.4. The number of ketones is 2. The Hall–Kier alpha value is -0.920. The Morgan fingerprint density at radius 2 is 1.76 bits per heavy atom. The molecule has 29 heavy (non-hydrogen) atoms. The lowest BCUT2D eigenvalue weighted by Crippen LogP contribution is -2.56. The van der Waals surface area contributed by atoms with Gasteiger partial charge < -0.3 is 0 Å². The van der Waals surface area contributed by atoms with E-state index in [0.29, 0.717) is 53.5 Å². The van der Waals surface area contributed by atoms with Crippen molar-refractivity contribution in [1.82, 2.24) is 0 Å². The van der Waals surface area contributed by atoms with Gasteiger partial charge in [0.2, 0.25) is 0 Å². The summed E-state index contributed by atoms with van der Waals surface area (Å²) in [4.78, 5) is 25.3. The summed E-state index contributed by atoms with van der Waals surface area (Å²) in [7, 11) is 0. The minimum absolute atomic E-state index is 0.0178. The topological polar surface area (TPSA) is 34.1 Å². The number of Topliss-reactive ketones (excluding diaryl/α,β-unsaturated/α-hetero) is 2. The van der Waals surface area contributed by atoms with Crippen LogP contribution in [-0.4, -0.2) is 11.6 Å². The van der Waals surface area contributed by atoms with Gasteiger partial charge in [0.1, 0.15) is 11.6 Å². The maximum absolute atomic E-state index is 13.2. The highest BCUT2D eigenvalue weighted by Gasteiger charge is 2.62. The number of rotatable bonds is 4. The van der Waals surface area contributed by atoms with E-state index >= 15 is 0 Å². The number of carbonyl (C=O) groups is 2. The van der Waals surface area contributed by atoms with Crippen LogP contribution in [0.5, 0.6) is 0 Å². The molecule has 162 valence electrons. The van der Waals surface area contributed by atoms with Crippen LogP contribution in [0.2, 0.25) is 0 Å². The molecule has 0 N–H and O–H groups in total. The summed E-state index contributed by atoms with van der Waals surface area (Å²) < 4.78 is 0. The third-order valence-electron chi connectivity index (χ3n) is 10.0. The first-order valence-corrected chi connectivity index (χ1v) is 12.4. The lowest BCUT2D eigenvalue weighted by Gasteiger charge is -2.59. The van der Waals surface area contributed by atoms with Crippen molar-refractivity contribution in [2.45, 2.75) is 98.8 Å². The summed E-state index contributed by atoms with van der Waals surface area (Å²) in [5.41, 5.74) is 2.06. The third kappa shape index (κ3) is 3.47. The molecule has 0 aromatic rings. The molecular weight excluding hydrogens is 356 g/mol. The fourth-order valence-electron chi connectivity index (χ4n) is 8.37. The molecule has 0 aromatic heterocycles. The minimum Gasteiger partial charge on any atom is -0.300 e. The average Bonchev–Trinajstić information content (AvgIpc) is 3.00. The van der Waals surface area contributed by atoms with Crippen LogP contribution < -0.4 is 0 Å². The molecule has 0 radical (unpaired) electrons. The Morgan fingerprint density at radius 1 is 1.03 bits per heavy atom. The number of fused-ring (bicyclic) bond motifs is 5. The smallest absolute Gasteiger partial charge is 0.137 e. The van der Waals surface area contributed by atoms with E-state index in [1.807, 2.05) is 0 Å². The zero-order valence-electron chi connectivity index (χ0n) is 19.4. The van der Waals surface area contributed by atoms with Gasteiger partial charge in [-0.3, -0.25) is 9.59 Å². The second kappa shape index (κ2) is 7.65. The lowest BCUT2D eigenvalue weighted by molar-refractivity contribution is -0.157. The predicted molar refractivity (Wildman–Crippen MR) is 118 cm³/mol. The highest BCUT2D eigenvalue weighted by molar-refractivity contribution is 5.90. The van der Waals surface area contributed by atoms with Gasteiger partial charge in [-0.15, -0.1) is 0 Å². The van der Waals surface area contributed by atoms with Crippen LogP contribution in [0.1, 0.15) is 98.8 Å². The molecule has 7 atom stereocenters. The quantitative estimate of drug-likeness (QED) is 0.489. The molecule has 4 aliphatic carbocycles. The standard InChI is InChI=1S/C27H42O2/c1-17(2)7-6-8-18(3)21-9-10-22-20-16-25(29)24-15-19(28)11-13-27(24,5)23(20)12-14-26(21,22)4/h8,17,20-24H,6-7,9-16H2,1-5H3/b18-8+/t20-,21+,22-,23-,24?,26+,27+/m0/s1. The van der Waals surface area contributed by atoms with E-state index in [1.165, 1.54) is 38.5 Å². The normalized spacial score (nSPS) is 45.2. The van der Waals surface area contributed by atoms with Crippen molar-refractivity contribution in [3.63, 3.8) is 0 Å². The van der Waals surface area contributed by atoms with Crippen LogP contribution in [-0.2, 0) is 9.59 Å². The van der Waals surface area contributed by atoms with Gasteiger partial charge in [-0.05, 0) is 92.3 Å². The molecule has 4 aliphatic rings. The van der Waals surface area contributed by atoms with Gasteiger partial charge in [-0.2, -0.15) is 0 Å². The van der Waals surface area contributed by atoms with Gasteiger partial charge in [0.15, 0.2) is 0 Å². The van der Waals surface area contributed by atoms with Crippen LogP contribution >= 0.6 is 0 Å². The lowest BCUT2D eigenvalue weighted by atomic mass is 9.44. The van der Waals surface area contributed by atoms with Gasteiger partial charge in [0.05, 0.1) is 0 Å². The molecule has 0 spiro atoms. The first kappa shape index (κ1) is 21.3. The molecule has 0 amide bonds. The Morgan fingerprint density at radius 3 is 2.48 bits per heavy atom. The highest BCUT2D eigenvalue weighted by atomic mass is 16.1. The summed E-state index contributed by atoms with van der Waals surface area (Å²) in [6, 6.07) is 0. The molecule has 0 heterocycles. The minimum atomic E-state index is 0.0178. The molecule has 4 saturated carbocycles. The molecule has 2 nitrogen and oxygen atoms in total. The number of allylic oxidation sites excluding steroid dienone is 2. The average molecular weight is 399 g/mol. The second-order valence-corrected chi connectivity index (χ2v) is 11.9. The highest BCUT2D eigenvalue weighted by Crippen LogP contribution is 2.67. The Balaban J connectivity index is 1.56. The van der Waals surface area contributed by atoms with Gasteiger partial charge in [-0.1, -0.05) is 39.3 Å². The van der Waals surface area contributed by atoms with E-state index in [4.69, 9.17) is 0 Å². The maximum Gasteiger partial charge on any atom is 0.137 e. The van der Waals surface area contributed by atoms with Gasteiger partial charge in [-0.25, -0.2) is 0 Å². The third-order valence-corrected chi connectivity index (χ3v) is 10.0. The van der Waals surface area contributed by atoms with Crippen molar-refractivity contribution in [2.24, 2.45) is 46.3 Å². The van der Waals surface area contributed by atoms with Crippen LogP contribution in [0.15, 0.2) is 11.6 Å². The summed E-state index contributed by atoms with van der Waals surface area (Å²) in [6.07, 6.45) is 13.1. The Bertz CT molecular complexity index is 703.